The molecule has 1 saturated heterocycles. The van der Waals surface area contributed by atoms with E-state index in [1.54, 1.807) is 13.3 Å². The van der Waals surface area contributed by atoms with Gasteiger partial charge in [0.1, 0.15) is 24.4 Å². The van der Waals surface area contributed by atoms with Gasteiger partial charge in [0.15, 0.2) is 6.23 Å². The van der Waals surface area contributed by atoms with Crippen LogP contribution in [0.5, 0.6) is 0 Å². The summed E-state index contributed by atoms with van der Waals surface area (Å²) < 4.78 is 7.78. The fourth-order valence-electron chi connectivity index (χ4n) is 5.12. The number of aliphatic hydroxyl groups excluding tert-OH is 2. The summed E-state index contributed by atoms with van der Waals surface area (Å²) in [5.41, 5.74) is 8.89. The van der Waals surface area contributed by atoms with E-state index in [0.29, 0.717) is 6.54 Å². The lowest BCUT2D eigenvalue weighted by Gasteiger charge is -2.26. The van der Waals surface area contributed by atoms with Crippen LogP contribution in [0.2, 0.25) is 0 Å². The molecule has 8 nitrogen and oxygen atoms in total. The first kappa shape index (κ1) is 25.5. The second kappa shape index (κ2) is 11.1. The molecule has 196 valence electrons. The number of hydrogen-bond acceptors (Lipinski definition) is 7. The molecule has 8 heteroatoms. The third-order valence-electron chi connectivity index (χ3n) is 7.43. The van der Waals surface area contributed by atoms with Crippen LogP contribution >= 0.6 is 0 Å². The van der Waals surface area contributed by atoms with Crippen LogP contribution in [0.25, 0.3) is 11.1 Å². The van der Waals surface area contributed by atoms with Gasteiger partial charge in [-0.05, 0) is 49.7 Å². The molecular formula is C29H37N5O3. The van der Waals surface area contributed by atoms with E-state index in [1.807, 2.05) is 34.0 Å². The average Bonchev–Trinajstić information content (AvgIpc) is 3.42. The van der Waals surface area contributed by atoms with Gasteiger partial charge in [-0.25, -0.2) is 4.99 Å². The highest BCUT2D eigenvalue weighted by Gasteiger charge is 2.42. The Morgan fingerprint density at radius 2 is 1.76 bits per heavy atom. The quantitative estimate of drug-likeness (QED) is 0.406. The molecule has 37 heavy (non-hydrogen) atoms. The molecule has 2 aliphatic heterocycles. The summed E-state index contributed by atoms with van der Waals surface area (Å²) in [5.74, 6) is 0.731. The van der Waals surface area contributed by atoms with Crippen molar-refractivity contribution in [2.24, 2.45) is 4.99 Å². The largest absolute Gasteiger partial charge is 0.388 e. The van der Waals surface area contributed by atoms with Gasteiger partial charge >= 0.3 is 0 Å². The lowest BCUT2D eigenvalue weighted by atomic mass is 10.0. The van der Waals surface area contributed by atoms with E-state index in [2.05, 4.69) is 60.6 Å². The fourth-order valence-corrected chi connectivity index (χ4v) is 5.12. The number of ether oxygens (including phenoxy) is 1. The van der Waals surface area contributed by atoms with Crippen molar-refractivity contribution < 1.29 is 14.9 Å². The van der Waals surface area contributed by atoms with Crippen LogP contribution in [0.4, 0.5) is 11.5 Å². The van der Waals surface area contributed by atoms with Crippen LogP contribution < -0.4 is 5.43 Å². The number of rotatable bonds is 9. The minimum absolute atomic E-state index is 0.459. The Morgan fingerprint density at radius 1 is 1.03 bits per heavy atom. The normalized spacial score (nSPS) is 23.0. The maximum atomic E-state index is 10.7. The van der Waals surface area contributed by atoms with Gasteiger partial charge in [0.25, 0.3) is 0 Å². The number of nitrogens with one attached hydrogen (secondary N) is 1. The molecule has 3 N–H and O–H groups in total. The number of nitrogens with zero attached hydrogens (tertiary/aromatic N) is 4. The Morgan fingerprint density at radius 3 is 2.41 bits per heavy atom. The smallest absolute Gasteiger partial charge is 0.164 e. The number of aromatic nitrogens is 1. The third kappa shape index (κ3) is 5.29. The van der Waals surface area contributed by atoms with Crippen molar-refractivity contribution in [3.63, 3.8) is 0 Å². The van der Waals surface area contributed by atoms with E-state index in [0.717, 1.165) is 54.3 Å². The van der Waals surface area contributed by atoms with Crippen molar-refractivity contribution in [3.8, 4) is 11.1 Å². The monoisotopic (exact) mass is 503 g/mol. The highest BCUT2D eigenvalue weighted by molar-refractivity contribution is 5.77. The van der Waals surface area contributed by atoms with Crippen molar-refractivity contribution in [2.75, 3.05) is 25.1 Å². The van der Waals surface area contributed by atoms with Gasteiger partial charge in [0.05, 0.1) is 18.3 Å². The number of hydrazine groups is 1. The van der Waals surface area contributed by atoms with E-state index in [9.17, 15) is 10.2 Å². The van der Waals surface area contributed by atoms with Crippen LogP contribution in [-0.4, -0.2) is 69.0 Å². The van der Waals surface area contributed by atoms with Gasteiger partial charge in [-0.3, -0.25) is 10.4 Å². The van der Waals surface area contributed by atoms with Gasteiger partial charge in [0.2, 0.25) is 0 Å². The maximum absolute atomic E-state index is 10.7. The first-order valence-corrected chi connectivity index (χ1v) is 13.2. The minimum atomic E-state index is -1.03. The first-order valence-electron chi connectivity index (χ1n) is 13.2. The third-order valence-corrected chi connectivity index (χ3v) is 7.43. The van der Waals surface area contributed by atoms with Crippen molar-refractivity contribution in [1.29, 1.82) is 0 Å². The standard InChI is InChI=1S/C29H37N5O3/c1-4-32(5-2)16-15-21-11-13-23(14-12-21)31-33-17-25-24(22-9-7-6-8-10-22)18-34(28(25)30-19-33)29-27(36)26(35)20(3)37-29/h6-14,18-20,26-27,29,31,35-36H,4-5,15-17H2,1-3H3/t20-,26-,27-,29-/m1/s1. The molecule has 2 aliphatic rings. The summed E-state index contributed by atoms with van der Waals surface area (Å²) in [6.07, 6.45) is 1.65. The fraction of sp³-hybridized carbons (Fsp3) is 0.414. The molecule has 0 aliphatic carbocycles. The van der Waals surface area contributed by atoms with Gasteiger partial charge < -0.3 is 24.4 Å². The van der Waals surface area contributed by atoms with Crippen molar-refractivity contribution in [2.45, 2.75) is 58.3 Å². The molecule has 0 saturated carbocycles. The maximum Gasteiger partial charge on any atom is 0.164 e. The number of likely N-dealkylation sites (N-methyl/N-ethyl adjacent to an activating group) is 1. The molecule has 0 unspecified atom stereocenters. The first-order chi connectivity index (χ1) is 18.0. The Hall–Kier alpha value is -3.17. The highest BCUT2D eigenvalue weighted by Crippen LogP contribution is 2.41. The Bertz CT molecular complexity index is 1210. The predicted octanol–water partition coefficient (Wildman–Crippen LogP) is 4.18. The molecular weight excluding hydrogens is 466 g/mol. The number of hydrogen-bond donors (Lipinski definition) is 3. The lowest BCUT2D eigenvalue weighted by Crippen LogP contribution is -2.31. The van der Waals surface area contributed by atoms with Crippen LogP contribution in [-0.2, 0) is 17.7 Å². The van der Waals surface area contributed by atoms with Crippen LogP contribution in [0, 0.1) is 0 Å². The summed E-state index contributed by atoms with van der Waals surface area (Å²) in [6, 6.07) is 18.7. The minimum Gasteiger partial charge on any atom is -0.388 e. The summed E-state index contributed by atoms with van der Waals surface area (Å²) in [6.45, 7) is 9.97. The second-order valence-corrected chi connectivity index (χ2v) is 9.79. The van der Waals surface area contributed by atoms with Crippen molar-refractivity contribution >= 4 is 17.8 Å². The van der Waals surface area contributed by atoms with Crippen molar-refractivity contribution in [3.05, 3.63) is 71.9 Å². The molecule has 3 heterocycles. The van der Waals surface area contributed by atoms with E-state index in [1.165, 1.54) is 5.56 Å². The number of aliphatic hydroxyl groups is 2. The Balaban J connectivity index is 1.36. The Kier molecular flexibility index (Phi) is 7.62. The molecule has 3 aromatic rings. The highest BCUT2D eigenvalue weighted by atomic mass is 16.6. The van der Waals surface area contributed by atoms with E-state index < -0.39 is 24.5 Å². The zero-order chi connectivity index (χ0) is 25.9. The summed E-state index contributed by atoms with van der Waals surface area (Å²) in [5, 5.41) is 22.9. The summed E-state index contributed by atoms with van der Waals surface area (Å²) >= 11 is 0. The SMILES string of the molecule is CCN(CC)CCc1ccc(NN2C=Nc3c(c(-c4ccccc4)cn3[C@@H]3O[C@H](C)[C@@H](O)[C@H]3O)C2)cc1. The molecule has 4 atom stereocenters. The van der Waals surface area contributed by atoms with Crippen LogP contribution in [0.1, 0.15) is 38.1 Å². The van der Waals surface area contributed by atoms with E-state index in [-0.39, 0.29) is 0 Å². The van der Waals surface area contributed by atoms with E-state index in [4.69, 9.17) is 9.73 Å². The average molecular weight is 504 g/mol. The van der Waals surface area contributed by atoms with Gasteiger partial charge in [-0.15, -0.1) is 0 Å². The van der Waals surface area contributed by atoms with E-state index >= 15 is 0 Å². The zero-order valence-corrected chi connectivity index (χ0v) is 21.8. The molecule has 0 amide bonds. The molecule has 2 aromatic carbocycles. The summed E-state index contributed by atoms with van der Waals surface area (Å²) in [4.78, 5) is 7.19. The van der Waals surface area contributed by atoms with Crippen LogP contribution in [0.3, 0.4) is 0 Å². The molecule has 0 radical (unpaired) electrons. The topological polar surface area (TPSA) is 85.5 Å². The van der Waals surface area contributed by atoms with Gasteiger partial charge in [0, 0.05) is 23.9 Å². The predicted molar refractivity (Wildman–Crippen MR) is 147 cm³/mol. The molecule has 1 fully saturated rings. The van der Waals surface area contributed by atoms with Gasteiger partial charge in [-0.2, -0.15) is 0 Å². The molecule has 0 spiro atoms. The molecule has 5 rings (SSSR count). The van der Waals surface area contributed by atoms with Crippen LogP contribution in [0.15, 0.2) is 65.8 Å². The number of benzene rings is 2. The lowest BCUT2D eigenvalue weighted by molar-refractivity contribution is -0.0308. The zero-order valence-electron chi connectivity index (χ0n) is 21.8. The number of anilines is 1. The number of aliphatic imine (C=N–C) groups is 1. The Labute approximate surface area is 218 Å². The summed E-state index contributed by atoms with van der Waals surface area (Å²) in [7, 11) is 0. The van der Waals surface area contributed by atoms with Gasteiger partial charge in [-0.1, -0.05) is 56.3 Å². The van der Waals surface area contributed by atoms with Crippen molar-refractivity contribution in [1.82, 2.24) is 14.5 Å². The molecule has 1 aromatic heterocycles. The second-order valence-electron chi connectivity index (χ2n) is 9.79. The molecule has 0 bridgehead atoms. The number of fused-ring (bicyclic) bond motifs is 1.